The van der Waals surface area contributed by atoms with E-state index in [4.69, 9.17) is 14.7 Å². The van der Waals surface area contributed by atoms with Crippen molar-refractivity contribution in [1.82, 2.24) is 30.0 Å². The fourth-order valence-corrected chi connectivity index (χ4v) is 9.05. The molecular weight excluding hydrogens is 669 g/mol. The SMILES string of the molecule is C=CC(=O)N1CC2(CCN(c3nc(N4CC(N5CC[C@@H](C)C5)C4)nc4c(OCC(F)(F)F)c(-c5c(C)ccc6[nH]ncc56)c(C5CC5)cc34)CC2)C1. The van der Waals surface area contributed by atoms with Gasteiger partial charge in [-0.2, -0.15) is 23.3 Å². The molecule has 1 aliphatic carbocycles. The lowest BCUT2D eigenvalue weighted by Gasteiger charge is -2.54. The molecule has 274 valence electrons. The summed E-state index contributed by atoms with van der Waals surface area (Å²) in [6.07, 6.45) is 3.44. The number of alkyl halides is 3. The third-order valence-electron chi connectivity index (χ3n) is 12.2. The fourth-order valence-electron chi connectivity index (χ4n) is 9.05. The minimum Gasteiger partial charge on any atom is -0.481 e. The normalized spacial score (nSPS) is 22.3. The number of ether oxygens (including phenoxy) is 1. The minimum atomic E-state index is -4.54. The van der Waals surface area contributed by atoms with Crippen LogP contribution in [-0.4, -0.2) is 107 Å². The summed E-state index contributed by atoms with van der Waals surface area (Å²) in [5.41, 5.74) is 4.67. The molecular formula is C39H45F3N8O2. The Morgan fingerprint density at radius 1 is 1.04 bits per heavy atom. The Kier molecular flexibility index (Phi) is 7.94. The molecule has 1 saturated carbocycles. The van der Waals surface area contributed by atoms with Crippen LogP contribution in [-0.2, 0) is 4.79 Å². The molecule has 0 bridgehead atoms. The number of aromatic nitrogens is 4. The topological polar surface area (TPSA) is 93.7 Å². The van der Waals surface area contributed by atoms with Crippen LogP contribution in [0.3, 0.4) is 0 Å². The van der Waals surface area contributed by atoms with Crippen molar-refractivity contribution in [2.75, 3.05) is 68.8 Å². The van der Waals surface area contributed by atoms with E-state index in [1.807, 2.05) is 24.0 Å². The van der Waals surface area contributed by atoms with E-state index in [1.165, 1.54) is 12.5 Å². The molecule has 2 aromatic carbocycles. The highest BCUT2D eigenvalue weighted by Crippen LogP contribution is 2.53. The van der Waals surface area contributed by atoms with E-state index in [0.717, 1.165) is 117 Å². The zero-order valence-electron chi connectivity index (χ0n) is 29.8. The third-order valence-corrected chi connectivity index (χ3v) is 12.2. The Bertz CT molecular complexity index is 2050. The first-order valence-corrected chi connectivity index (χ1v) is 18.7. The summed E-state index contributed by atoms with van der Waals surface area (Å²) in [5.74, 6) is 2.26. The number of H-pyrrole nitrogens is 1. The number of aryl methyl sites for hydroxylation is 1. The molecule has 4 aliphatic heterocycles. The molecule has 0 unspecified atom stereocenters. The first-order chi connectivity index (χ1) is 25.0. The quantitative estimate of drug-likeness (QED) is 0.209. The number of nitrogens with zero attached hydrogens (tertiary/aromatic N) is 7. The molecule has 1 atom stereocenters. The molecule has 1 spiro atoms. The lowest BCUT2D eigenvalue weighted by molar-refractivity contribution is -0.153. The molecule has 4 aromatic rings. The molecule has 52 heavy (non-hydrogen) atoms. The summed E-state index contributed by atoms with van der Waals surface area (Å²) in [6, 6.07) is 6.47. The van der Waals surface area contributed by atoms with Crippen LogP contribution in [0.2, 0.25) is 0 Å². The van der Waals surface area contributed by atoms with Gasteiger partial charge < -0.3 is 19.4 Å². The van der Waals surface area contributed by atoms with Gasteiger partial charge in [-0.15, -0.1) is 0 Å². The number of nitrogens with one attached hydrogen (secondary N) is 1. The van der Waals surface area contributed by atoms with Gasteiger partial charge in [-0.1, -0.05) is 19.6 Å². The lowest BCUT2D eigenvalue weighted by atomic mass is 9.72. The number of carbonyl (C=O) groups is 1. The fraction of sp³-hybridized carbons (Fsp3) is 0.538. The number of benzene rings is 2. The molecule has 1 amide bonds. The van der Waals surface area contributed by atoms with Crippen LogP contribution in [0, 0.1) is 18.3 Å². The van der Waals surface area contributed by atoms with Crippen molar-refractivity contribution < 1.29 is 22.7 Å². The van der Waals surface area contributed by atoms with E-state index in [-0.39, 0.29) is 23.0 Å². The van der Waals surface area contributed by atoms with Gasteiger partial charge >= 0.3 is 6.18 Å². The number of amides is 1. The second-order valence-corrected chi connectivity index (χ2v) is 16.0. The van der Waals surface area contributed by atoms with E-state index >= 15 is 0 Å². The van der Waals surface area contributed by atoms with Gasteiger partial charge in [-0.25, -0.2) is 4.98 Å². The molecule has 10 nitrogen and oxygen atoms in total. The number of carbonyl (C=O) groups excluding carboxylic acids is 1. The Morgan fingerprint density at radius 2 is 1.81 bits per heavy atom. The minimum absolute atomic E-state index is 0.0353. The number of fused-ring (bicyclic) bond motifs is 2. The van der Waals surface area contributed by atoms with E-state index in [9.17, 15) is 18.0 Å². The first-order valence-electron chi connectivity index (χ1n) is 18.7. The van der Waals surface area contributed by atoms with Crippen molar-refractivity contribution in [2.45, 2.75) is 64.1 Å². The van der Waals surface area contributed by atoms with Crippen LogP contribution in [0.4, 0.5) is 24.9 Å². The second kappa shape index (κ2) is 12.3. The maximum Gasteiger partial charge on any atom is 0.422 e. The zero-order chi connectivity index (χ0) is 35.9. The van der Waals surface area contributed by atoms with Gasteiger partial charge in [-0.3, -0.25) is 14.8 Å². The lowest BCUT2D eigenvalue weighted by Crippen LogP contribution is -2.61. The number of anilines is 2. The largest absolute Gasteiger partial charge is 0.481 e. The summed E-state index contributed by atoms with van der Waals surface area (Å²) in [5, 5.41) is 8.90. The van der Waals surface area contributed by atoms with Crippen LogP contribution < -0.4 is 14.5 Å². The Hall–Kier alpha value is -4.39. The monoisotopic (exact) mass is 714 g/mol. The zero-order valence-corrected chi connectivity index (χ0v) is 29.8. The average molecular weight is 715 g/mol. The van der Waals surface area contributed by atoms with Gasteiger partial charge in [0.05, 0.1) is 11.7 Å². The van der Waals surface area contributed by atoms with Gasteiger partial charge in [-0.05, 0) is 92.3 Å². The van der Waals surface area contributed by atoms with Crippen LogP contribution >= 0.6 is 0 Å². The highest BCUT2D eigenvalue weighted by molar-refractivity contribution is 6.06. The summed E-state index contributed by atoms with van der Waals surface area (Å²) in [7, 11) is 0. The molecule has 6 heterocycles. The molecule has 5 fully saturated rings. The molecule has 9 rings (SSSR count). The van der Waals surface area contributed by atoms with E-state index in [0.29, 0.717) is 29.0 Å². The van der Waals surface area contributed by atoms with Crippen LogP contribution in [0.25, 0.3) is 32.9 Å². The second-order valence-electron chi connectivity index (χ2n) is 16.0. The molecule has 5 aliphatic rings. The number of halogens is 3. The van der Waals surface area contributed by atoms with Gasteiger partial charge in [0.2, 0.25) is 11.9 Å². The van der Waals surface area contributed by atoms with Crippen molar-refractivity contribution in [3.63, 3.8) is 0 Å². The average Bonchev–Trinajstić information content (AvgIpc) is 3.67. The van der Waals surface area contributed by atoms with Crippen molar-refractivity contribution in [2.24, 2.45) is 11.3 Å². The van der Waals surface area contributed by atoms with Crippen molar-refractivity contribution in [3.8, 4) is 16.9 Å². The number of hydrogen-bond acceptors (Lipinski definition) is 8. The standard InChI is InChI=1S/C39H45F3N8O2/c1-4-31(51)50-20-38(21-50)10-13-47(14-11-38)36-28-15-27(25-6-7-25)33(32-24(3)5-8-30-29(32)16-43-46-30)35(52-22-39(40,41)42)34(28)44-37(45-36)49-18-26(19-49)48-12-9-23(2)17-48/h4-5,8,15-16,23,25-26H,1,6-7,9-14,17-22H2,2-3H3,(H,43,46)/t23-/m1/s1. The number of rotatable bonds is 8. The Balaban J connectivity index is 1.18. The van der Waals surface area contributed by atoms with Crippen LogP contribution in [0.15, 0.2) is 37.1 Å². The van der Waals surface area contributed by atoms with E-state index in [1.54, 1.807) is 6.20 Å². The predicted octanol–water partition coefficient (Wildman–Crippen LogP) is 6.45. The molecule has 13 heteroatoms. The third kappa shape index (κ3) is 5.85. The summed E-state index contributed by atoms with van der Waals surface area (Å²) < 4.78 is 48.2. The summed E-state index contributed by atoms with van der Waals surface area (Å²) in [6.45, 7) is 13.1. The highest BCUT2D eigenvalue weighted by atomic mass is 19.4. The first kappa shape index (κ1) is 33.4. The van der Waals surface area contributed by atoms with E-state index < -0.39 is 12.8 Å². The van der Waals surface area contributed by atoms with Crippen LogP contribution in [0.1, 0.15) is 56.1 Å². The van der Waals surface area contributed by atoms with Crippen molar-refractivity contribution in [3.05, 3.63) is 48.2 Å². The van der Waals surface area contributed by atoms with Gasteiger partial charge in [0.15, 0.2) is 12.4 Å². The smallest absolute Gasteiger partial charge is 0.422 e. The Morgan fingerprint density at radius 3 is 2.48 bits per heavy atom. The van der Waals surface area contributed by atoms with Gasteiger partial charge in [0.25, 0.3) is 0 Å². The van der Waals surface area contributed by atoms with Crippen molar-refractivity contribution in [1.29, 1.82) is 0 Å². The predicted molar refractivity (Wildman–Crippen MR) is 195 cm³/mol. The molecule has 2 aromatic heterocycles. The maximum atomic E-state index is 14.1. The molecule has 0 radical (unpaired) electrons. The number of aromatic amines is 1. The number of hydrogen-bond donors (Lipinski definition) is 1. The Labute approximate surface area is 301 Å². The van der Waals surface area contributed by atoms with E-state index in [2.05, 4.69) is 44.5 Å². The summed E-state index contributed by atoms with van der Waals surface area (Å²) >= 11 is 0. The van der Waals surface area contributed by atoms with Crippen molar-refractivity contribution >= 4 is 39.5 Å². The highest BCUT2D eigenvalue weighted by Gasteiger charge is 2.47. The summed E-state index contributed by atoms with van der Waals surface area (Å²) in [4.78, 5) is 31.5. The molecule has 4 saturated heterocycles. The number of piperidine rings is 1. The van der Waals surface area contributed by atoms with Crippen LogP contribution in [0.5, 0.6) is 5.75 Å². The van der Waals surface area contributed by atoms with Gasteiger partial charge in [0.1, 0.15) is 11.3 Å². The maximum absolute atomic E-state index is 14.1. The molecule has 1 N–H and O–H groups in total. The number of likely N-dealkylation sites (tertiary alicyclic amines) is 2. The van der Waals surface area contributed by atoms with Gasteiger partial charge in [0, 0.05) is 73.6 Å².